The molecule has 26 heavy (non-hydrogen) atoms. The molecule has 1 aliphatic rings. The molecule has 0 radical (unpaired) electrons. The van der Waals surface area contributed by atoms with E-state index in [1.165, 1.54) is 6.39 Å². The van der Waals surface area contributed by atoms with Crippen molar-refractivity contribution in [1.82, 2.24) is 24.6 Å². The number of nitrogens with zero attached hydrogens (tertiary/aromatic N) is 5. The highest BCUT2D eigenvalue weighted by atomic mass is 16.3. The van der Waals surface area contributed by atoms with E-state index in [2.05, 4.69) is 40.7 Å². The topological polar surface area (TPSA) is 67.4 Å². The predicted octanol–water partition coefficient (Wildman–Crippen LogP) is 1.66. The van der Waals surface area contributed by atoms with Gasteiger partial charge < -0.3 is 4.42 Å². The third kappa shape index (κ3) is 4.59. The van der Waals surface area contributed by atoms with Crippen molar-refractivity contribution in [3.63, 3.8) is 0 Å². The van der Waals surface area contributed by atoms with Gasteiger partial charge >= 0.3 is 0 Å². The van der Waals surface area contributed by atoms with E-state index < -0.39 is 0 Å². The van der Waals surface area contributed by atoms with E-state index in [9.17, 15) is 4.79 Å². The number of aryl methyl sites for hydroxylation is 1. The van der Waals surface area contributed by atoms with Crippen LogP contribution in [0.15, 0.2) is 27.7 Å². The highest BCUT2D eigenvalue weighted by Gasteiger charge is 2.20. The van der Waals surface area contributed by atoms with Crippen LogP contribution in [0.1, 0.15) is 37.9 Å². The smallest absolute Gasteiger partial charge is 0.266 e. The van der Waals surface area contributed by atoms with Crippen molar-refractivity contribution >= 4 is 0 Å². The fourth-order valence-electron chi connectivity index (χ4n) is 3.11. The third-order valence-corrected chi connectivity index (χ3v) is 4.95. The molecule has 7 nitrogen and oxygen atoms in total. The Balaban J connectivity index is 1.51. The van der Waals surface area contributed by atoms with Crippen LogP contribution in [0, 0.1) is 6.92 Å². The van der Waals surface area contributed by atoms with Gasteiger partial charge in [0.05, 0.1) is 17.9 Å². The average Bonchev–Trinajstić information content (AvgIpc) is 2.99. The molecular weight excluding hydrogens is 330 g/mol. The van der Waals surface area contributed by atoms with Crippen molar-refractivity contribution in [1.29, 1.82) is 0 Å². The fraction of sp³-hybridized carbons (Fsp3) is 0.632. The molecule has 1 fully saturated rings. The molecule has 1 aliphatic heterocycles. The minimum Gasteiger partial charge on any atom is -0.448 e. The van der Waals surface area contributed by atoms with E-state index in [-0.39, 0.29) is 11.0 Å². The Morgan fingerprint density at radius 2 is 1.77 bits per heavy atom. The van der Waals surface area contributed by atoms with Crippen molar-refractivity contribution < 1.29 is 4.42 Å². The van der Waals surface area contributed by atoms with Gasteiger partial charge in [-0.25, -0.2) is 9.67 Å². The Bertz CT molecular complexity index is 782. The van der Waals surface area contributed by atoms with E-state index in [0.29, 0.717) is 6.54 Å². The molecule has 0 bridgehead atoms. The second-order valence-electron chi connectivity index (χ2n) is 8.00. The van der Waals surface area contributed by atoms with Gasteiger partial charge in [-0.3, -0.25) is 14.6 Å². The molecule has 0 aliphatic carbocycles. The van der Waals surface area contributed by atoms with Gasteiger partial charge in [0.25, 0.3) is 5.56 Å². The highest BCUT2D eigenvalue weighted by Crippen LogP contribution is 2.18. The summed E-state index contributed by atoms with van der Waals surface area (Å²) in [7, 11) is 0. The van der Waals surface area contributed by atoms with Crippen LogP contribution in [0.3, 0.4) is 0 Å². The molecular formula is C19H29N5O2. The van der Waals surface area contributed by atoms with Gasteiger partial charge in [-0.05, 0) is 13.0 Å². The van der Waals surface area contributed by atoms with E-state index in [4.69, 9.17) is 4.42 Å². The lowest BCUT2D eigenvalue weighted by molar-refractivity contribution is 0.121. The summed E-state index contributed by atoms with van der Waals surface area (Å²) in [4.78, 5) is 21.2. The van der Waals surface area contributed by atoms with Crippen molar-refractivity contribution in [3.8, 4) is 0 Å². The summed E-state index contributed by atoms with van der Waals surface area (Å²) in [5, 5.41) is 4.55. The molecule has 2 aromatic rings. The summed E-state index contributed by atoms with van der Waals surface area (Å²) in [6.45, 7) is 14.6. The summed E-state index contributed by atoms with van der Waals surface area (Å²) >= 11 is 0. The average molecular weight is 359 g/mol. The van der Waals surface area contributed by atoms with Crippen LogP contribution >= 0.6 is 0 Å². The van der Waals surface area contributed by atoms with Crippen LogP contribution in [0.5, 0.6) is 0 Å². The summed E-state index contributed by atoms with van der Waals surface area (Å²) < 4.78 is 6.87. The molecule has 0 N–H and O–H groups in total. The van der Waals surface area contributed by atoms with Gasteiger partial charge in [-0.15, -0.1) is 0 Å². The van der Waals surface area contributed by atoms with E-state index in [1.807, 2.05) is 13.0 Å². The van der Waals surface area contributed by atoms with Gasteiger partial charge in [0.1, 0.15) is 5.76 Å². The SMILES string of the molecule is Cc1ocnc1CN1CCN(CCn2nc(C(C)(C)C)ccc2=O)CC1. The Morgan fingerprint density at radius 1 is 1.08 bits per heavy atom. The van der Waals surface area contributed by atoms with Crippen LogP contribution in [-0.4, -0.2) is 57.3 Å². The molecule has 0 aromatic carbocycles. The summed E-state index contributed by atoms with van der Waals surface area (Å²) in [5.74, 6) is 0.900. The zero-order chi connectivity index (χ0) is 18.7. The standard InChI is InChI=1S/C19H29N5O2/c1-15-16(20-14-26-15)13-23-9-7-22(8-10-23)11-12-24-18(25)6-5-17(21-24)19(2,3)4/h5-6,14H,7-13H2,1-4H3. The predicted molar refractivity (Wildman–Crippen MR) is 100 cm³/mol. The van der Waals surface area contributed by atoms with Crippen LogP contribution < -0.4 is 5.56 Å². The molecule has 0 unspecified atom stereocenters. The molecule has 1 saturated heterocycles. The first kappa shape index (κ1) is 18.8. The first-order valence-electron chi connectivity index (χ1n) is 9.25. The quantitative estimate of drug-likeness (QED) is 0.809. The maximum Gasteiger partial charge on any atom is 0.266 e. The Labute approximate surface area is 154 Å². The van der Waals surface area contributed by atoms with Crippen LogP contribution in [-0.2, 0) is 18.5 Å². The number of piperazine rings is 1. The van der Waals surface area contributed by atoms with Crippen molar-refractivity contribution in [3.05, 3.63) is 46.0 Å². The molecule has 2 aromatic heterocycles. The Kier molecular flexibility index (Phi) is 5.58. The largest absolute Gasteiger partial charge is 0.448 e. The van der Waals surface area contributed by atoms with Gasteiger partial charge in [0, 0.05) is 50.7 Å². The summed E-state index contributed by atoms with van der Waals surface area (Å²) in [6, 6.07) is 3.47. The molecule has 142 valence electrons. The molecule has 3 rings (SSSR count). The lowest BCUT2D eigenvalue weighted by Gasteiger charge is -2.34. The lowest BCUT2D eigenvalue weighted by atomic mass is 9.92. The second kappa shape index (κ2) is 7.72. The number of oxazole rings is 1. The number of hydrogen-bond donors (Lipinski definition) is 0. The third-order valence-electron chi connectivity index (χ3n) is 4.95. The number of hydrogen-bond acceptors (Lipinski definition) is 6. The van der Waals surface area contributed by atoms with Gasteiger partial charge in [-0.2, -0.15) is 5.10 Å². The molecule has 0 spiro atoms. The second-order valence-corrected chi connectivity index (χ2v) is 8.00. The first-order chi connectivity index (χ1) is 12.3. The normalized spacial score (nSPS) is 16.9. The van der Waals surface area contributed by atoms with E-state index in [0.717, 1.165) is 56.4 Å². The van der Waals surface area contributed by atoms with Crippen molar-refractivity contribution in [2.45, 2.75) is 46.2 Å². The van der Waals surface area contributed by atoms with Crippen molar-refractivity contribution in [2.75, 3.05) is 32.7 Å². The van der Waals surface area contributed by atoms with Crippen molar-refractivity contribution in [2.24, 2.45) is 0 Å². The minimum absolute atomic E-state index is 0.0295. The number of rotatable bonds is 5. The molecule has 3 heterocycles. The molecule has 0 saturated carbocycles. The lowest BCUT2D eigenvalue weighted by Crippen LogP contribution is -2.47. The highest BCUT2D eigenvalue weighted by molar-refractivity contribution is 5.10. The summed E-state index contributed by atoms with van der Waals surface area (Å²) in [6.07, 6.45) is 1.51. The molecule has 0 atom stereocenters. The zero-order valence-electron chi connectivity index (χ0n) is 16.2. The number of aromatic nitrogens is 3. The van der Waals surface area contributed by atoms with Crippen LogP contribution in [0.4, 0.5) is 0 Å². The summed E-state index contributed by atoms with van der Waals surface area (Å²) in [5.41, 5.74) is 1.89. The van der Waals surface area contributed by atoms with Gasteiger partial charge in [-0.1, -0.05) is 20.8 Å². The van der Waals surface area contributed by atoms with Crippen LogP contribution in [0.25, 0.3) is 0 Å². The maximum atomic E-state index is 12.1. The monoisotopic (exact) mass is 359 g/mol. The minimum atomic E-state index is -0.0552. The molecule has 7 heteroatoms. The van der Waals surface area contributed by atoms with Crippen LogP contribution in [0.2, 0.25) is 0 Å². The van der Waals surface area contributed by atoms with E-state index in [1.54, 1.807) is 10.7 Å². The zero-order valence-corrected chi connectivity index (χ0v) is 16.2. The van der Waals surface area contributed by atoms with Gasteiger partial charge in [0.15, 0.2) is 6.39 Å². The fourth-order valence-corrected chi connectivity index (χ4v) is 3.11. The van der Waals surface area contributed by atoms with E-state index >= 15 is 0 Å². The Morgan fingerprint density at radius 3 is 2.38 bits per heavy atom. The Hall–Kier alpha value is -1.99. The first-order valence-corrected chi connectivity index (χ1v) is 9.25. The maximum absolute atomic E-state index is 12.1. The molecule has 0 amide bonds. The van der Waals surface area contributed by atoms with Gasteiger partial charge in [0.2, 0.25) is 0 Å².